The number of carbonyl (C=O) groups is 2. The maximum atomic E-state index is 12.6. The lowest BCUT2D eigenvalue weighted by atomic mass is 9.88. The van der Waals surface area contributed by atoms with Gasteiger partial charge in [-0.2, -0.15) is 0 Å². The lowest BCUT2D eigenvalue weighted by Crippen LogP contribution is -2.45. The fourth-order valence-electron chi connectivity index (χ4n) is 3.20. The van der Waals surface area contributed by atoms with E-state index in [0.717, 1.165) is 16.9 Å². The molecule has 2 aromatic rings. The van der Waals surface area contributed by atoms with E-state index in [2.05, 4.69) is 0 Å². The van der Waals surface area contributed by atoms with E-state index in [4.69, 9.17) is 9.47 Å². The zero-order chi connectivity index (χ0) is 20.1. The number of ketones is 1. The normalized spacial score (nSPS) is 17.3. The van der Waals surface area contributed by atoms with E-state index >= 15 is 0 Å². The largest absolute Gasteiger partial charge is 0.489 e. The molecule has 5 heteroatoms. The Labute approximate surface area is 166 Å². The van der Waals surface area contributed by atoms with E-state index in [9.17, 15) is 9.59 Å². The predicted molar refractivity (Wildman–Crippen MR) is 107 cm³/mol. The summed E-state index contributed by atoms with van der Waals surface area (Å²) in [5, 5.41) is 0. The second kappa shape index (κ2) is 8.46. The SMILES string of the molecule is CC(C)(C)OC(=O)N1CCC(c2ccc(OCc3ccccc3)cc2)C(=O)C1. The summed E-state index contributed by atoms with van der Waals surface area (Å²) < 4.78 is 11.2. The van der Waals surface area contributed by atoms with Gasteiger partial charge in [-0.25, -0.2) is 4.79 Å². The van der Waals surface area contributed by atoms with Crippen molar-refractivity contribution in [1.82, 2.24) is 4.90 Å². The lowest BCUT2D eigenvalue weighted by molar-refractivity contribution is -0.123. The van der Waals surface area contributed by atoms with Gasteiger partial charge in [0.15, 0.2) is 5.78 Å². The minimum atomic E-state index is -0.563. The van der Waals surface area contributed by atoms with Crippen LogP contribution in [0.5, 0.6) is 5.75 Å². The van der Waals surface area contributed by atoms with Crippen molar-refractivity contribution in [1.29, 1.82) is 0 Å². The van der Waals surface area contributed by atoms with Gasteiger partial charge in [0.25, 0.3) is 0 Å². The molecule has 0 bridgehead atoms. The molecule has 1 unspecified atom stereocenters. The summed E-state index contributed by atoms with van der Waals surface area (Å²) in [7, 11) is 0. The number of likely N-dealkylation sites (tertiary alicyclic amines) is 1. The zero-order valence-corrected chi connectivity index (χ0v) is 16.7. The summed E-state index contributed by atoms with van der Waals surface area (Å²) in [5.41, 5.74) is 1.50. The monoisotopic (exact) mass is 381 g/mol. The molecular weight excluding hydrogens is 354 g/mol. The first-order valence-electron chi connectivity index (χ1n) is 9.59. The van der Waals surface area contributed by atoms with Crippen molar-refractivity contribution in [3.05, 3.63) is 65.7 Å². The van der Waals surface area contributed by atoms with Crippen molar-refractivity contribution in [3.63, 3.8) is 0 Å². The molecule has 0 N–H and O–H groups in total. The molecule has 1 fully saturated rings. The third-order valence-corrected chi connectivity index (χ3v) is 4.61. The third-order valence-electron chi connectivity index (χ3n) is 4.61. The number of hydrogen-bond acceptors (Lipinski definition) is 4. The molecule has 28 heavy (non-hydrogen) atoms. The van der Waals surface area contributed by atoms with Crippen LogP contribution in [-0.4, -0.2) is 35.5 Å². The molecule has 0 spiro atoms. The summed E-state index contributed by atoms with van der Waals surface area (Å²) in [6, 6.07) is 17.6. The Morgan fingerprint density at radius 2 is 1.75 bits per heavy atom. The number of carbonyl (C=O) groups excluding carboxylic acids is 2. The number of nitrogens with zero attached hydrogens (tertiary/aromatic N) is 1. The molecule has 0 aliphatic carbocycles. The molecule has 1 saturated heterocycles. The Hall–Kier alpha value is -2.82. The van der Waals surface area contributed by atoms with Crippen LogP contribution in [0.4, 0.5) is 4.79 Å². The smallest absolute Gasteiger partial charge is 0.410 e. The van der Waals surface area contributed by atoms with Gasteiger partial charge in [0.2, 0.25) is 0 Å². The molecule has 1 aliphatic heterocycles. The van der Waals surface area contributed by atoms with E-state index in [0.29, 0.717) is 19.6 Å². The molecule has 3 rings (SSSR count). The molecule has 148 valence electrons. The highest BCUT2D eigenvalue weighted by molar-refractivity contribution is 5.90. The van der Waals surface area contributed by atoms with Gasteiger partial charge in [0.1, 0.15) is 18.0 Å². The number of ether oxygens (including phenoxy) is 2. The Balaban J connectivity index is 1.56. The lowest BCUT2D eigenvalue weighted by Gasteiger charge is -2.32. The molecule has 0 radical (unpaired) electrons. The number of benzene rings is 2. The molecule has 5 nitrogen and oxygen atoms in total. The number of amides is 1. The van der Waals surface area contributed by atoms with E-state index in [1.807, 2.05) is 75.4 Å². The fourth-order valence-corrected chi connectivity index (χ4v) is 3.20. The molecule has 1 amide bonds. The molecular formula is C23H27NO4. The first kappa shape index (κ1) is 19.9. The van der Waals surface area contributed by atoms with Crippen LogP contribution in [0.2, 0.25) is 0 Å². The maximum absolute atomic E-state index is 12.6. The Morgan fingerprint density at radius 1 is 1.07 bits per heavy atom. The highest BCUT2D eigenvalue weighted by atomic mass is 16.6. The number of Topliss-reactive ketones (excluding diaryl/α,β-unsaturated/α-hetero) is 1. The Morgan fingerprint density at radius 3 is 2.36 bits per heavy atom. The van der Waals surface area contributed by atoms with Crippen molar-refractivity contribution in [2.24, 2.45) is 0 Å². The van der Waals surface area contributed by atoms with Gasteiger partial charge in [-0.1, -0.05) is 42.5 Å². The van der Waals surface area contributed by atoms with Gasteiger partial charge >= 0.3 is 6.09 Å². The summed E-state index contributed by atoms with van der Waals surface area (Å²) in [5.74, 6) is 0.614. The summed E-state index contributed by atoms with van der Waals surface area (Å²) >= 11 is 0. The molecule has 1 heterocycles. The molecule has 1 aliphatic rings. The number of rotatable bonds is 4. The van der Waals surface area contributed by atoms with E-state index in [-0.39, 0.29) is 18.2 Å². The molecule has 1 atom stereocenters. The predicted octanol–water partition coefficient (Wildman–Crippen LogP) is 4.56. The second-order valence-electron chi connectivity index (χ2n) is 8.05. The molecule has 0 aromatic heterocycles. The molecule has 0 saturated carbocycles. The van der Waals surface area contributed by atoms with Crippen LogP contribution in [-0.2, 0) is 16.1 Å². The maximum Gasteiger partial charge on any atom is 0.410 e. The third kappa shape index (κ3) is 5.35. The quantitative estimate of drug-likeness (QED) is 0.779. The van der Waals surface area contributed by atoms with Crippen molar-refractivity contribution in [2.75, 3.05) is 13.1 Å². The van der Waals surface area contributed by atoms with Crippen LogP contribution < -0.4 is 4.74 Å². The van der Waals surface area contributed by atoms with E-state index < -0.39 is 11.7 Å². The summed E-state index contributed by atoms with van der Waals surface area (Å²) in [6.45, 7) is 6.57. The first-order chi connectivity index (χ1) is 13.3. The zero-order valence-electron chi connectivity index (χ0n) is 16.7. The minimum Gasteiger partial charge on any atom is -0.489 e. The highest BCUT2D eigenvalue weighted by Gasteiger charge is 2.32. The Bertz CT molecular complexity index is 809. The molecule has 2 aromatic carbocycles. The fraction of sp³-hybridized carbons (Fsp3) is 0.391. The highest BCUT2D eigenvalue weighted by Crippen LogP contribution is 2.28. The summed E-state index contributed by atoms with van der Waals surface area (Å²) in [6.07, 6.45) is 0.173. The number of piperidine rings is 1. The summed E-state index contributed by atoms with van der Waals surface area (Å²) in [4.78, 5) is 26.2. The van der Waals surface area contributed by atoms with Crippen LogP contribution in [0.1, 0.15) is 44.2 Å². The average Bonchev–Trinajstić information content (AvgIpc) is 2.66. The van der Waals surface area contributed by atoms with Gasteiger partial charge in [-0.3, -0.25) is 4.79 Å². The average molecular weight is 381 g/mol. The van der Waals surface area contributed by atoms with Crippen molar-refractivity contribution >= 4 is 11.9 Å². The van der Waals surface area contributed by atoms with Crippen LogP contribution in [0.15, 0.2) is 54.6 Å². The van der Waals surface area contributed by atoms with Crippen molar-refractivity contribution in [3.8, 4) is 5.75 Å². The van der Waals surface area contributed by atoms with Crippen molar-refractivity contribution < 1.29 is 19.1 Å². The van der Waals surface area contributed by atoms with Crippen LogP contribution in [0.3, 0.4) is 0 Å². The standard InChI is InChI=1S/C23H27NO4/c1-23(2,3)28-22(26)24-14-13-20(21(25)15-24)18-9-11-19(12-10-18)27-16-17-7-5-4-6-8-17/h4-12,20H,13-16H2,1-3H3. The van der Waals surface area contributed by atoms with Gasteiger partial charge in [-0.05, 0) is 50.5 Å². The van der Waals surface area contributed by atoms with Gasteiger partial charge < -0.3 is 14.4 Å². The second-order valence-corrected chi connectivity index (χ2v) is 8.05. The van der Waals surface area contributed by atoms with E-state index in [1.54, 1.807) is 0 Å². The van der Waals surface area contributed by atoms with Crippen LogP contribution in [0, 0.1) is 0 Å². The minimum absolute atomic E-state index is 0.0371. The first-order valence-corrected chi connectivity index (χ1v) is 9.59. The van der Waals surface area contributed by atoms with Gasteiger partial charge in [0, 0.05) is 12.5 Å². The topological polar surface area (TPSA) is 55.8 Å². The number of hydrogen-bond donors (Lipinski definition) is 0. The van der Waals surface area contributed by atoms with Crippen molar-refractivity contribution in [2.45, 2.75) is 45.3 Å². The van der Waals surface area contributed by atoms with Crippen LogP contribution in [0.25, 0.3) is 0 Å². The van der Waals surface area contributed by atoms with Crippen LogP contribution >= 0.6 is 0 Å². The Kier molecular flexibility index (Phi) is 6.02. The van der Waals surface area contributed by atoms with Gasteiger partial charge in [-0.15, -0.1) is 0 Å². The van der Waals surface area contributed by atoms with E-state index in [1.165, 1.54) is 4.90 Å². The van der Waals surface area contributed by atoms with Gasteiger partial charge in [0.05, 0.1) is 6.54 Å².